The highest BCUT2D eigenvalue weighted by molar-refractivity contribution is 4.90. The van der Waals surface area contributed by atoms with E-state index in [0.29, 0.717) is 12.1 Å². The first-order chi connectivity index (χ1) is 5.61. The predicted molar refractivity (Wildman–Crippen MR) is 53.1 cm³/mol. The third kappa shape index (κ3) is 2.46. The van der Waals surface area contributed by atoms with Crippen LogP contribution in [0.2, 0.25) is 0 Å². The molecule has 0 aromatic carbocycles. The summed E-state index contributed by atoms with van der Waals surface area (Å²) in [6.45, 7) is 12.4. The van der Waals surface area contributed by atoms with E-state index in [1.807, 2.05) is 0 Å². The van der Waals surface area contributed by atoms with Gasteiger partial charge in [-0.1, -0.05) is 13.8 Å². The molecule has 2 nitrogen and oxygen atoms in total. The minimum absolute atomic E-state index is 0.684. The summed E-state index contributed by atoms with van der Waals surface area (Å²) in [6, 6.07) is 1.37. The Bertz CT molecular complexity index is 124. The molecule has 2 heteroatoms. The maximum atomic E-state index is 3.44. The number of rotatable bonds is 2. The van der Waals surface area contributed by atoms with Gasteiger partial charge in [0, 0.05) is 31.7 Å². The van der Waals surface area contributed by atoms with E-state index in [0.717, 1.165) is 19.6 Å². The van der Waals surface area contributed by atoms with Crippen molar-refractivity contribution < 1.29 is 0 Å². The summed E-state index contributed by atoms with van der Waals surface area (Å²) in [7, 11) is 0. The van der Waals surface area contributed by atoms with Gasteiger partial charge in [0.2, 0.25) is 0 Å². The van der Waals surface area contributed by atoms with Crippen LogP contribution >= 0.6 is 0 Å². The third-order valence-electron chi connectivity index (χ3n) is 2.51. The Balaban J connectivity index is 2.45. The molecule has 0 aromatic rings. The van der Waals surface area contributed by atoms with Gasteiger partial charge in [0.1, 0.15) is 0 Å². The van der Waals surface area contributed by atoms with Gasteiger partial charge >= 0.3 is 0 Å². The average molecular weight is 169 g/mol. The summed E-state index contributed by atoms with van der Waals surface area (Å²) >= 11 is 0. The molecule has 1 fully saturated rings. The maximum absolute atomic E-state index is 3.44. The quantitative estimate of drug-likeness (QED) is 0.670. The van der Waals surface area contributed by atoms with Crippen LogP contribution in [-0.2, 0) is 0 Å². The zero-order chi connectivity index (χ0) is 9.14. The Morgan fingerprint density at radius 1 is 1.25 bits per heavy atom. The van der Waals surface area contributed by atoms with Crippen LogP contribution in [0, 0.1) is 5.92 Å². The lowest BCUT2D eigenvalue weighted by molar-refractivity contribution is 0.123. The molecule has 1 aliphatic rings. The largest absolute Gasteiger partial charge is 0.314 e. The number of hydrogen-bond donors (Lipinski definition) is 1. The smallest absolute Gasteiger partial charge is 0.0195 e. The molecule has 0 saturated carbocycles. The molecule has 1 N–H and O–H groups in total. The lowest BCUT2D eigenvalue weighted by Gasteiger charge is -2.40. The summed E-state index contributed by atoms with van der Waals surface area (Å²) in [6.07, 6.45) is 0. The minimum Gasteiger partial charge on any atom is -0.314 e. The van der Waals surface area contributed by atoms with Gasteiger partial charge in [0.15, 0.2) is 0 Å². The van der Waals surface area contributed by atoms with Crippen LogP contribution in [0.15, 0.2) is 0 Å². The van der Waals surface area contributed by atoms with Crippen LogP contribution in [0.1, 0.15) is 27.7 Å². The SMILES string of the molecule is C[C](C)CN1C(C)CNCC1C. The first kappa shape index (κ1) is 10.0. The molecular formula is C10H21N2. The molecule has 1 rings (SSSR count). The molecule has 0 amide bonds. The Labute approximate surface area is 76.3 Å². The lowest BCUT2D eigenvalue weighted by atomic mass is 10.1. The Morgan fingerprint density at radius 2 is 1.75 bits per heavy atom. The van der Waals surface area contributed by atoms with E-state index in [4.69, 9.17) is 0 Å². The highest BCUT2D eigenvalue weighted by Crippen LogP contribution is 2.12. The maximum Gasteiger partial charge on any atom is 0.0195 e. The molecule has 2 unspecified atom stereocenters. The molecule has 12 heavy (non-hydrogen) atoms. The summed E-state index contributed by atoms with van der Waals surface area (Å²) in [5, 5.41) is 3.44. The second kappa shape index (κ2) is 4.24. The van der Waals surface area contributed by atoms with Crippen molar-refractivity contribution >= 4 is 0 Å². The summed E-state index contributed by atoms with van der Waals surface area (Å²) in [5.74, 6) is 1.51. The van der Waals surface area contributed by atoms with Crippen molar-refractivity contribution in [2.24, 2.45) is 0 Å². The predicted octanol–water partition coefficient (Wildman–Crippen LogP) is 1.28. The fourth-order valence-corrected chi connectivity index (χ4v) is 1.85. The minimum atomic E-state index is 0.684. The van der Waals surface area contributed by atoms with E-state index in [1.54, 1.807) is 0 Å². The molecule has 1 radical (unpaired) electrons. The van der Waals surface area contributed by atoms with Crippen molar-refractivity contribution in [1.29, 1.82) is 0 Å². The van der Waals surface area contributed by atoms with Gasteiger partial charge in [-0.15, -0.1) is 0 Å². The number of hydrogen-bond acceptors (Lipinski definition) is 2. The highest BCUT2D eigenvalue weighted by atomic mass is 15.2. The van der Waals surface area contributed by atoms with Crippen LogP contribution < -0.4 is 5.32 Å². The van der Waals surface area contributed by atoms with Crippen LogP contribution in [0.4, 0.5) is 0 Å². The highest BCUT2D eigenvalue weighted by Gasteiger charge is 2.24. The zero-order valence-corrected chi connectivity index (χ0v) is 8.72. The van der Waals surface area contributed by atoms with Gasteiger partial charge in [-0.2, -0.15) is 0 Å². The van der Waals surface area contributed by atoms with Crippen molar-refractivity contribution in [2.45, 2.75) is 39.8 Å². The van der Waals surface area contributed by atoms with E-state index in [9.17, 15) is 0 Å². The molecule has 2 atom stereocenters. The molecule has 71 valence electrons. The monoisotopic (exact) mass is 169 g/mol. The molecule has 1 heterocycles. The van der Waals surface area contributed by atoms with Crippen molar-refractivity contribution in [3.8, 4) is 0 Å². The van der Waals surface area contributed by atoms with Gasteiger partial charge in [-0.25, -0.2) is 0 Å². The topological polar surface area (TPSA) is 15.3 Å². The van der Waals surface area contributed by atoms with Crippen molar-refractivity contribution in [2.75, 3.05) is 19.6 Å². The van der Waals surface area contributed by atoms with Gasteiger partial charge in [0.25, 0.3) is 0 Å². The third-order valence-corrected chi connectivity index (χ3v) is 2.51. The van der Waals surface area contributed by atoms with Crippen LogP contribution in [-0.4, -0.2) is 36.6 Å². The van der Waals surface area contributed by atoms with E-state index >= 15 is 0 Å². The van der Waals surface area contributed by atoms with Crippen molar-refractivity contribution in [3.05, 3.63) is 5.92 Å². The van der Waals surface area contributed by atoms with Gasteiger partial charge in [-0.05, 0) is 19.8 Å². The Morgan fingerprint density at radius 3 is 2.17 bits per heavy atom. The van der Waals surface area contributed by atoms with E-state index in [2.05, 4.69) is 37.9 Å². The van der Waals surface area contributed by atoms with Crippen LogP contribution in [0.5, 0.6) is 0 Å². The van der Waals surface area contributed by atoms with Gasteiger partial charge in [0.05, 0.1) is 0 Å². The number of piperazine rings is 1. The Kier molecular flexibility index (Phi) is 3.53. The van der Waals surface area contributed by atoms with Gasteiger partial charge < -0.3 is 5.32 Å². The molecular weight excluding hydrogens is 148 g/mol. The molecule has 1 aliphatic heterocycles. The fraction of sp³-hybridized carbons (Fsp3) is 0.900. The first-order valence-corrected chi connectivity index (χ1v) is 4.86. The second-order valence-corrected chi connectivity index (χ2v) is 4.24. The average Bonchev–Trinajstić information content (AvgIpc) is 1.97. The molecule has 0 bridgehead atoms. The van der Waals surface area contributed by atoms with Crippen molar-refractivity contribution in [1.82, 2.24) is 10.2 Å². The summed E-state index contributed by atoms with van der Waals surface area (Å²) in [4.78, 5) is 2.58. The number of nitrogens with zero attached hydrogens (tertiary/aromatic N) is 1. The van der Waals surface area contributed by atoms with Crippen LogP contribution in [0.25, 0.3) is 0 Å². The van der Waals surface area contributed by atoms with E-state index < -0.39 is 0 Å². The normalized spacial score (nSPS) is 32.8. The fourth-order valence-electron chi connectivity index (χ4n) is 1.85. The van der Waals surface area contributed by atoms with E-state index in [1.165, 1.54) is 5.92 Å². The summed E-state index contributed by atoms with van der Waals surface area (Å²) in [5.41, 5.74) is 0. The first-order valence-electron chi connectivity index (χ1n) is 4.86. The Hall–Kier alpha value is -0.0800. The van der Waals surface area contributed by atoms with Gasteiger partial charge in [-0.3, -0.25) is 4.90 Å². The second-order valence-electron chi connectivity index (χ2n) is 4.24. The molecule has 0 aliphatic carbocycles. The standard InChI is InChI=1S/C10H21N2/c1-8(2)7-12-9(3)5-11-6-10(12)4/h9-11H,5-7H2,1-4H3. The van der Waals surface area contributed by atoms with E-state index in [-0.39, 0.29) is 0 Å². The van der Waals surface area contributed by atoms with Crippen molar-refractivity contribution in [3.63, 3.8) is 0 Å². The zero-order valence-electron chi connectivity index (χ0n) is 8.72. The van der Waals surface area contributed by atoms with Crippen LogP contribution in [0.3, 0.4) is 0 Å². The summed E-state index contributed by atoms with van der Waals surface area (Å²) < 4.78 is 0. The lowest BCUT2D eigenvalue weighted by Crippen LogP contribution is -2.55. The molecule has 0 aromatic heterocycles. The molecule has 1 saturated heterocycles. The molecule has 0 spiro atoms. The number of nitrogens with one attached hydrogen (secondary N) is 1.